The summed E-state index contributed by atoms with van der Waals surface area (Å²) in [4.78, 5) is 35.2. The van der Waals surface area contributed by atoms with E-state index >= 15 is 0 Å². The van der Waals surface area contributed by atoms with E-state index in [4.69, 9.17) is 16.3 Å². The van der Waals surface area contributed by atoms with Crippen molar-refractivity contribution in [3.05, 3.63) is 47.0 Å². The summed E-state index contributed by atoms with van der Waals surface area (Å²) in [6.07, 6.45) is 1.04. The molecule has 0 aliphatic carbocycles. The zero-order chi connectivity index (χ0) is 27.0. The smallest absolute Gasteiger partial charge is 0.405 e. The minimum absolute atomic E-state index is 0.0383. The highest BCUT2D eigenvalue weighted by Gasteiger charge is 2.43. The van der Waals surface area contributed by atoms with E-state index < -0.39 is 36.0 Å². The number of carbonyl (C=O) groups excluding carboxylic acids is 2. The molecule has 1 unspecified atom stereocenters. The molecule has 2 saturated heterocycles. The highest BCUT2D eigenvalue weighted by molar-refractivity contribution is 6.30. The van der Waals surface area contributed by atoms with E-state index in [0.717, 1.165) is 18.9 Å². The molecule has 4 heterocycles. The van der Waals surface area contributed by atoms with E-state index in [9.17, 15) is 27.2 Å². The summed E-state index contributed by atoms with van der Waals surface area (Å²) in [6, 6.07) is 4.16. The Morgan fingerprint density at radius 3 is 2.38 bits per heavy atom. The van der Waals surface area contributed by atoms with Crippen LogP contribution in [0.15, 0.2) is 30.6 Å². The number of carbonyl (C=O) groups is 2. The summed E-state index contributed by atoms with van der Waals surface area (Å²) in [5.74, 6) is -1.72. The molecule has 2 fully saturated rings. The summed E-state index contributed by atoms with van der Waals surface area (Å²) in [6.45, 7) is 1.64. The number of halogens is 5. The standard InChI is InChI=1S/C24H26ClF4N5O3/c1-23(2,37-21-18(26)7-14(25)11-31-21)22(36)33-15-8-16-4-5-17(9-15)34(16)19-6-3-13(10-30-19)20(35)32-12-24(27,28)29/h3,6-7,10-11,15-17H,4-5,8-9,12H2,1-2H3,(H,32,35)(H,33,36)/t15?,16-,17+. The van der Waals surface area contributed by atoms with Crippen molar-refractivity contribution in [2.45, 2.75) is 69.4 Å². The molecular formula is C24H26ClF4N5O3. The lowest BCUT2D eigenvalue weighted by molar-refractivity contribution is -0.135. The average molecular weight is 544 g/mol. The molecule has 2 N–H and O–H groups in total. The number of aromatic nitrogens is 2. The molecule has 0 spiro atoms. The van der Waals surface area contributed by atoms with Crippen LogP contribution in [0.1, 0.15) is 49.9 Å². The van der Waals surface area contributed by atoms with E-state index in [1.807, 2.05) is 5.32 Å². The fourth-order valence-electron chi connectivity index (χ4n) is 4.75. The van der Waals surface area contributed by atoms with Gasteiger partial charge in [0, 0.05) is 30.5 Å². The Balaban J connectivity index is 1.35. The Bertz CT molecular complexity index is 1150. The van der Waals surface area contributed by atoms with Gasteiger partial charge in [0.2, 0.25) is 0 Å². The predicted octanol–water partition coefficient (Wildman–Crippen LogP) is 4.03. The Kier molecular flexibility index (Phi) is 7.50. The van der Waals surface area contributed by atoms with E-state index in [1.54, 1.807) is 6.07 Å². The normalized spacial score (nSPS) is 21.5. The first kappa shape index (κ1) is 26.9. The number of pyridine rings is 2. The molecule has 2 amide bonds. The lowest BCUT2D eigenvalue weighted by atomic mass is 9.96. The van der Waals surface area contributed by atoms with E-state index in [1.165, 1.54) is 32.3 Å². The maximum Gasteiger partial charge on any atom is 0.405 e. The molecule has 0 saturated carbocycles. The fourth-order valence-corrected chi connectivity index (χ4v) is 4.89. The maximum atomic E-state index is 14.1. The van der Waals surface area contributed by atoms with Gasteiger partial charge in [-0.25, -0.2) is 14.4 Å². The monoisotopic (exact) mass is 543 g/mol. The molecule has 3 atom stereocenters. The quantitative estimate of drug-likeness (QED) is 0.512. The lowest BCUT2D eigenvalue weighted by Gasteiger charge is -2.40. The number of nitrogens with one attached hydrogen (secondary N) is 2. The van der Waals surface area contributed by atoms with Gasteiger partial charge < -0.3 is 20.3 Å². The molecule has 0 aromatic carbocycles. The zero-order valence-corrected chi connectivity index (χ0v) is 20.9. The molecule has 4 rings (SSSR count). The van der Waals surface area contributed by atoms with Gasteiger partial charge >= 0.3 is 6.18 Å². The summed E-state index contributed by atoms with van der Waals surface area (Å²) in [5, 5.41) is 4.94. The van der Waals surface area contributed by atoms with Crippen LogP contribution in [0.5, 0.6) is 5.88 Å². The number of rotatable bonds is 7. The van der Waals surface area contributed by atoms with Crippen molar-refractivity contribution >= 4 is 29.2 Å². The number of piperidine rings is 1. The Labute approximate surface area is 215 Å². The Morgan fingerprint density at radius 2 is 1.81 bits per heavy atom. The van der Waals surface area contributed by atoms with Gasteiger partial charge in [0.15, 0.2) is 11.4 Å². The van der Waals surface area contributed by atoms with Crippen molar-refractivity contribution < 1.29 is 31.9 Å². The fraction of sp³-hybridized carbons (Fsp3) is 0.500. The SMILES string of the molecule is CC(C)(Oc1ncc(Cl)cc1F)C(=O)NC1C[C@H]2CC[C@@H](C1)N2c1ccc(C(=O)NCC(F)(F)F)cn1. The number of anilines is 1. The molecule has 2 aliphatic rings. The van der Waals surface area contributed by atoms with Crippen molar-refractivity contribution in [3.63, 3.8) is 0 Å². The molecule has 8 nitrogen and oxygen atoms in total. The van der Waals surface area contributed by atoms with Crippen LogP contribution >= 0.6 is 11.6 Å². The van der Waals surface area contributed by atoms with Gasteiger partial charge in [-0.05, 0) is 57.7 Å². The minimum atomic E-state index is -4.49. The van der Waals surface area contributed by atoms with Crippen LogP contribution in [0.2, 0.25) is 5.02 Å². The molecule has 37 heavy (non-hydrogen) atoms. The van der Waals surface area contributed by atoms with Gasteiger partial charge in [0.1, 0.15) is 12.4 Å². The number of nitrogens with zero attached hydrogens (tertiary/aromatic N) is 3. The second kappa shape index (κ2) is 10.3. The Morgan fingerprint density at radius 1 is 1.14 bits per heavy atom. The van der Waals surface area contributed by atoms with Gasteiger partial charge in [0.25, 0.3) is 17.7 Å². The van der Waals surface area contributed by atoms with Crippen molar-refractivity contribution in [2.75, 3.05) is 11.4 Å². The van der Waals surface area contributed by atoms with Crippen LogP contribution in [-0.2, 0) is 4.79 Å². The molecule has 2 aliphatic heterocycles. The van der Waals surface area contributed by atoms with E-state index in [0.29, 0.717) is 18.7 Å². The van der Waals surface area contributed by atoms with Gasteiger partial charge in [-0.1, -0.05) is 11.6 Å². The third kappa shape index (κ3) is 6.41. The second-order valence-corrected chi connectivity index (χ2v) is 10.1. The van der Waals surface area contributed by atoms with Gasteiger partial charge in [0.05, 0.1) is 10.6 Å². The largest absolute Gasteiger partial charge is 0.459 e. The number of ether oxygens (including phenoxy) is 1. The third-order valence-electron chi connectivity index (χ3n) is 6.47. The van der Waals surface area contributed by atoms with Crippen molar-refractivity contribution in [2.24, 2.45) is 0 Å². The zero-order valence-electron chi connectivity index (χ0n) is 20.1. The van der Waals surface area contributed by atoms with Gasteiger partial charge in [-0.2, -0.15) is 13.2 Å². The number of alkyl halides is 3. The van der Waals surface area contributed by atoms with Crippen LogP contribution in [0.3, 0.4) is 0 Å². The van der Waals surface area contributed by atoms with Crippen LogP contribution in [-0.4, -0.2) is 58.2 Å². The molecule has 2 aromatic heterocycles. The predicted molar refractivity (Wildman–Crippen MR) is 127 cm³/mol. The first-order valence-electron chi connectivity index (χ1n) is 11.7. The van der Waals surface area contributed by atoms with E-state index in [-0.39, 0.29) is 34.6 Å². The summed E-state index contributed by atoms with van der Waals surface area (Å²) < 4.78 is 56.7. The van der Waals surface area contributed by atoms with Crippen LogP contribution in [0.25, 0.3) is 0 Å². The summed E-state index contributed by atoms with van der Waals surface area (Å²) in [7, 11) is 0. The highest BCUT2D eigenvalue weighted by atomic mass is 35.5. The number of fused-ring (bicyclic) bond motifs is 2. The second-order valence-electron chi connectivity index (χ2n) is 9.69. The average Bonchev–Trinajstić information content (AvgIpc) is 3.09. The first-order valence-corrected chi connectivity index (χ1v) is 12.1. The third-order valence-corrected chi connectivity index (χ3v) is 6.67. The summed E-state index contributed by atoms with van der Waals surface area (Å²) in [5.41, 5.74) is -1.35. The number of hydrogen-bond acceptors (Lipinski definition) is 6. The van der Waals surface area contributed by atoms with E-state index in [2.05, 4.69) is 20.2 Å². The molecular weight excluding hydrogens is 518 g/mol. The van der Waals surface area contributed by atoms with Crippen molar-refractivity contribution in [1.82, 2.24) is 20.6 Å². The number of hydrogen-bond donors (Lipinski definition) is 2. The summed E-state index contributed by atoms with van der Waals surface area (Å²) >= 11 is 5.72. The Hall–Kier alpha value is -3.15. The van der Waals surface area contributed by atoms with Crippen LogP contribution < -0.4 is 20.3 Å². The van der Waals surface area contributed by atoms with Crippen LogP contribution in [0, 0.1) is 5.82 Å². The molecule has 0 radical (unpaired) electrons. The molecule has 2 bridgehead atoms. The lowest BCUT2D eigenvalue weighted by Crippen LogP contribution is -2.55. The minimum Gasteiger partial charge on any atom is -0.459 e. The van der Waals surface area contributed by atoms with Crippen molar-refractivity contribution in [3.8, 4) is 5.88 Å². The van der Waals surface area contributed by atoms with Gasteiger partial charge in [-0.15, -0.1) is 0 Å². The first-order chi connectivity index (χ1) is 17.3. The van der Waals surface area contributed by atoms with Gasteiger partial charge in [-0.3, -0.25) is 9.59 Å². The molecule has 13 heteroatoms. The topological polar surface area (TPSA) is 96.5 Å². The highest BCUT2D eigenvalue weighted by Crippen LogP contribution is 2.38. The van der Waals surface area contributed by atoms with Crippen molar-refractivity contribution in [1.29, 1.82) is 0 Å². The van der Waals surface area contributed by atoms with Crippen LogP contribution in [0.4, 0.5) is 23.4 Å². The molecule has 200 valence electrons. The number of amides is 2. The maximum absolute atomic E-state index is 14.1. The molecule has 2 aromatic rings.